The normalized spacial score (nSPS) is 12.7. The van der Waals surface area contributed by atoms with E-state index >= 15 is 0 Å². The number of hydrogen-bond donors (Lipinski definition) is 8. The molecule has 8 N–H and O–H groups in total. The quantitative estimate of drug-likeness (QED) is 0.0398. The molecule has 5 amide bonds. The van der Waals surface area contributed by atoms with Gasteiger partial charge in [0.15, 0.2) is 10.5 Å². The predicted molar refractivity (Wildman–Crippen MR) is 273 cm³/mol. The molecule has 1 aliphatic carbocycles. The Hall–Kier alpha value is -7.58. The van der Waals surface area contributed by atoms with Gasteiger partial charge in [-0.25, -0.2) is 4.79 Å². The first-order valence-electron chi connectivity index (χ1n) is 22.3. The van der Waals surface area contributed by atoms with Gasteiger partial charge in [0.05, 0.1) is 54.3 Å². The van der Waals surface area contributed by atoms with E-state index in [1.807, 2.05) is 6.07 Å². The number of likely N-dealkylation sites (tertiary alicyclic amines) is 1. The Morgan fingerprint density at radius 3 is 2.08 bits per heavy atom. The Kier molecular flexibility index (Phi) is 16.9. The Balaban J connectivity index is 0.846. The van der Waals surface area contributed by atoms with Crippen molar-refractivity contribution in [2.45, 2.75) is 25.3 Å². The summed E-state index contributed by atoms with van der Waals surface area (Å²) in [5.74, 6) is -3.76. The number of fused-ring (bicyclic) bond motifs is 2. The first-order chi connectivity index (χ1) is 34.0. The summed E-state index contributed by atoms with van der Waals surface area (Å²) < 4.78 is 5.88. The molecule has 0 saturated carbocycles. The van der Waals surface area contributed by atoms with Gasteiger partial charge in [0.1, 0.15) is 17.1 Å². The summed E-state index contributed by atoms with van der Waals surface area (Å²) in [6.45, 7) is 0.702. The van der Waals surface area contributed by atoms with Crippen molar-refractivity contribution in [2.75, 3.05) is 63.5 Å². The van der Waals surface area contributed by atoms with Crippen LogP contribution < -0.4 is 37.3 Å². The molecule has 1 saturated heterocycles. The van der Waals surface area contributed by atoms with Crippen LogP contribution in [0, 0.1) is 0 Å². The summed E-state index contributed by atoms with van der Waals surface area (Å²) in [6.07, 6.45) is 2.25. The number of carboxylic acid groups (broad SMARTS) is 1. The Labute approximate surface area is 422 Å². The van der Waals surface area contributed by atoms with Crippen molar-refractivity contribution >= 4 is 98.4 Å². The summed E-state index contributed by atoms with van der Waals surface area (Å²) in [6, 6.07) is 25.0. The van der Waals surface area contributed by atoms with Gasteiger partial charge in [0.2, 0.25) is 29.5 Å². The lowest BCUT2D eigenvalue weighted by atomic mass is 9.90. The molecule has 3 aliphatic rings. The maximum Gasteiger partial charge on any atom is 0.336 e. The topological polar surface area (TPSA) is 252 Å². The molecule has 1 fully saturated rings. The fraction of sp³-hybridized carbons (Fsp3) is 0.240. The third-order valence-electron chi connectivity index (χ3n) is 11.6. The molecule has 2 heterocycles. The smallest absolute Gasteiger partial charge is 0.336 e. The molecule has 4 aromatic rings. The van der Waals surface area contributed by atoms with Crippen LogP contribution in [0.15, 0.2) is 106 Å². The van der Waals surface area contributed by atoms with Gasteiger partial charge in [-0.3, -0.25) is 28.8 Å². The number of phenolic OH excluding ortho intramolecular Hbond substituents is 1. The number of carboxylic acids is 1. The van der Waals surface area contributed by atoms with Crippen LogP contribution in [0.5, 0.6) is 5.75 Å². The van der Waals surface area contributed by atoms with Crippen molar-refractivity contribution in [3.63, 3.8) is 0 Å². The average Bonchev–Trinajstić information content (AvgIpc) is 3.86. The zero-order chi connectivity index (χ0) is 50.8. The zero-order valence-electron chi connectivity index (χ0n) is 38.1. The second-order valence-electron chi connectivity index (χ2n) is 16.6. The summed E-state index contributed by atoms with van der Waals surface area (Å²) in [7, 11) is 1.75. The van der Waals surface area contributed by atoms with Crippen molar-refractivity contribution in [1.82, 2.24) is 31.1 Å². The minimum atomic E-state index is -1.27. The first-order valence-corrected chi connectivity index (χ1v) is 23.4. The molecule has 368 valence electrons. The minimum Gasteiger partial charge on any atom is -0.508 e. The van der Waals surface area contributed by atoms with Gasteiger partial charge in [0.25, 0.3) is 0 Å². The highest BCUT2D eigenvalue weighted by molar-refractivity contribution is 7.80. The van der Waals surface area contributed by atoms with Crippen molar-refractivity contribution in [2.24, 2.45) is 0 Å². The highest BCUT2D eigenvalue weighted by Gasteiger charge is 2.27. The number of amides is 5. The van der Waals surface area contributed by atoms with Crippen LogP contribution in [0.4, 0.5) is 11.4 Å². The number of hydrogen-bond acceptors (Lipinski definition) is 11. The molecular formula is C50H48Cl2N8O10S. The van der Waals surface area contributed by atoms with E-state index in [4.69, 9.17) is 39.8 Å². The van der Waals surface area contributed by atoms with Gasteiger partial charge in [-0.05, 0) is 116 Å². The van der Waals surface area contributed by atoms with E-state index in [2.05, 4.69) is 36.8 Å². The fourth-order valence-electron chi connectivity index (χ4n) is 8.04. The predicted octanol–water partition coefficient (Wildman–Crippen LogP) is 5.39. The second-order valence-corrected chi connectivity index (χ2v) is 17.9. The molecule has 0 bridgehead atoms. The van der Waals surface area contributed by atoms with E-state index in [0.29, 0.717) is 44.4 Å². The third kappa shape index (κ3) is 13.6. The van der Waals surface area contributed by atoms with E-state index in [9.17, 15) is 43.8 Å². The van der Waals surface area contributed by atoms with Crippen LogP contribution in [0.3, 0.4) is 0 Å². The monoisotopic (exact) mass is 1020 g/mol. The number of halogens is 2. The average molecular weight is 1020 g/mol. The van der Waals surface area contributed by atoms with E-state index in [0.717, 1.165) is 37.1 Å². The number of carbonyl (C=O) groups excluding carboxylic acids is 5. The molecule has 0 aromatic heterocycles. The molecule has 0 spiro atoms. The number of phenols is 1. The molecule has 21 heteroatoms. The van der Waals surface area contributed by atoms with Gasteiger partial charge < -0.3 is 56.3 Å². The fourth-order valence-corrected chi connectivity index (χ4v) is 8.55. The van der Waals surface area contributed by atoms with Crippen LogP contribution in [0.1, 0.15) is 40.4 Å². The maximum atomic E-state index is 13.5. The van der Waals surface area contributed by atoms with Crippen LogP contribution in [-0.4, -0.2) is 113 Å². The van der Waals surface area contributed by atoms with Crippen molar-refractivity contribution in [1.29, 1.82) is 0 Å². The molecule has 0 unspecified atom stereocenters. The minimum absolute atomic E-state index is 0.0339. The van der Waals surface area contributed by atoms with E-state index < -0.39 is 49.2 Å². The molecule has 1 atom stereocenters. The number of carbonyl (C=O) groups is 6. The molecule has 4 aromatic carbocycles. The van der Waals surface area contributed by atoms with E-state index in [1.54, 1.807) is 66.5 Å². The number of nitrogens with zero attached hydrogens (tertiary/aromatic N) is 2. The lowest BCUT2D eigenvalue weighted by molar-refractivity contribution is -0.131. The molecular weight excluding hydrogens is 976 g/mol. The van der Waals surface area contributed by atoms with Crippen molar-refractivity contribution < 1.29 is 43.4 Å². The number of aromatic hydroxyl groups is 1. The molecule has 71 heavy (non-hydrogen) atoms. The number of thiocarbonyl (C=S) groups is 1. The summed E-state index contributed by atoms with van der Waals surface area (Å²) in [5, 5.41) is 37.1. The van der Waals surface area contributed by atoms with Crippen molar-refractivity contribution in [3.05, 3.63) is 134 Å². The molecule has 0 radical (unpaired) electrons. The Morgan fingerprint density at radius 1 is 0.732 bits per heavy atom. The SMILES string of the molecule is CN(C(=O)Cc1ccc(Cl)c(Cl)c1)[C@@H](CN1CCCC1)c1cccc(NC(=O)CNC(=O)CNC(=O)CNC(=O)CNC(=S)Nc2ccc(-c3c4ccc(=O)cc-4oc4cc(O)ccc34)c(C(=O)O)c2)c1. The van der Waals surface area contributed by atoms with Gasteiger partial charge in [-0.15, -0.1) is 0 Å². The lowest BCUT2D eigenvalue weighted by Crippen LogP contribution is -2.45. The Morgan fingerprint density at radius 2 is 1.39 bits per heavy atom. The third-order valence-corrected chi connectivity index (χ3v) is 12.6. The molecule has 18 nitrogen and oxygen atoms in total. The maximum absolute atomic E-state index is 13.5. The largest absolute Gasteiger partial charge is 0.508 e. The number of aromatic carboxylic acids is 1. The van der Waals surface area contributed by atoms with Crippen LogP contribution in [0.25, 0.3) is 33.4 Å². The first kappa shape index (κ1) is 51.3. The van der Waals surface area contributed by atoms with Crippen LogP contribution >= 0.6 is 35.4 Å². The van der Waals surface area contributed by atoms with Gasteiger partial charge >= 0.3 is 5.97 Å². The Bertz CT molecular complexity index is 3070. The van der Waals surface area contributed by atoms with E-state index in [1.165, 1.54) is 36.4 Å². The van der Waals surface area contributed by atoms with Crippen molar-refractivity contribution in [3.8, 4) is 28.2 Å². The highest BCUT2D eigenvalue weighted by Crippen LogP contribution is 2.42. The number of likely N-dealkylation sites (N-methyl/N-ethyl adjacent to an activating group) is 1. The summed E-state index contributed by atoms with van der Waals surface area (Å²) in [5.41, 5.74) is 3.30. The number of nitrogens with one attached hydrogen (secondary N) is 6. The highest BCUT2D eigenvalue weighted by atomic mass is 35.5. The van der Waals surface area contributed by atoms with Crippen LogP contribution in [0.2, 0.25) is 10.0 Å². The molecule has 2 aliphatic heterocycles. The zero-order valence-corrected chi connectivity index (χ0v) is 40.4. The van der Waals surface area contributed by atoms with Gasteiger partial charge in [0, 0.05) is 53.6 Å². The lowest BCUT2D eigenvalue weighted by Gasteiger charge is -2.32. The number of benzene rings is 5. The van der Waals surface area contributed by atoms with Gasteiger partial charge in [-0.2, -0.15) is 0 Å². The molecule has 7 rings (SSSR count). The summed E-state index contributed by atoms with van der Waals surface area (Å²) in [4.78, 5) is 92.7. The number of rotatable bonds is 18. The van der Waals surface area contributed by atoms with Gasteiger partial charge in [-0.1, -0.05) is 47.5 Å². The van der Waals surface area contributed by atoms with Crippen LogP contribution in [-0.2, 0) is 30.4 Å². The standard InChI is InChI=1S/C50H48Cl2N8O10S/c1-59(47(67)18-28-7-14-38(51)39(52)17-28)40(27-60-15-2-3-16-60)29-5-4-6-30(19-29)57-46(66)26-55-44(64)24-53-43(63)23-54-45(65)25-56-50(71)58-31-8-11-34(37(20-31)49(68)69)48-35-12-9-32(61)21-41(35)70-42-22-33(62)10-13-36(42)48/h4-14,17,19-22,40,61H,2-3,15-16,18,23-27H2,1H3,(H,53,63)(H,54,65)(H,55,64)(H,57,66)(H,68,69)(H2,56,58,71)/t40-/m0/s1. The number of anilines is 2. The van der Waals surface area contributed by atoms with E-state index in [-0.39, 0.29) is 63.8 Å². The second kappa shape index (κ2) is 23.4. The summed E-state index contributed by atoms with van der Waals surface area (Å²) >= 11 is 17.6.